The third-order valence-corrected chi connectivity index (χ3v) is 3.72. The zero-order valence-electron chi connectivity index (χ0n) is 10.8. The summed E-state index contributed by atoms with van der Waals surface area (Å²) < 4.78 is 0. The highest BCUT2D eigenvalue weighted by Crippen LogP contribution is 2.32. The van der Waals surface area contributed by atoms with E-state index in [4.69, 9.17) is 5.26 Å². The van der Waals surface area contributed by atoms with Crippen LogP contribution >= 0.6 is 0 Å². The van der Waals surface area contributed by atoms with Gasteiger partial charge in [0.25, 0.3) is 0 Å². The quantitative estimate of drug-likeness (QED) is 0.870. The minimum atomic E-state index is 0.387. The summed E-state index contributed by atoms with van der Waals surface area (Å²) in [6, 6.07) is 18.9. The van der Waals surface area contributed by atoms with Crippen LogP contribution in [-0.4, -0.2) is 0 Å². The van der Waals surface area contributed by atoms with Gasteiger partial charge >= 0.3 is 0 Å². The number of fused-ring (bicyclic) bond motifs is 1. The van der Waals surface area contributed by atoms with Gasteiger partial charge in [-0.2, -0.15) is 5.26 Å². The lowest BCUT2D eigenvalue weighted by molar-refractivity contribution is 0.600. The van der Waals surface area contributed by atoms with Gasteiger partial charge in [0.2, 0.25) is 0 Å². The van der Waals surface area contributed by atoms with Crippen LogP contribution in [0.25, 0.3) is 0 Å². The van der Waals surface area contributed by atoms with Gasteiger partial charge in [-0.15, -0.1) is 0 Å². The van der Waals surface area contributed by atoms with Gasteiger partial charge in [0.1, 0.15) is 0 Å². The number of rotatable bonds is 2. The molecule has 0 saturated carbocycles. The SMILES string of the molecule is N#Cc1ccc(NC2CCCc3ccccc32)cc1. The molecule has 1 aliphatic carbocycles. The molecule has 0 aromatic heterocycles. The average molecular weight is 248 g/mol. The third kappa shape index (κ3) is 2.46. The van der Waals surface area contributed by atoms with Crippen LogP contribution in [0, 0.1) is 11.3 Å². The van der Waals surface area contributed by atoms with Gasteiger partial charge in [-0.25, -0.2) is 0 Å². The molecule has 19 heavy (non-hydrogen) atoms. The lowest BCUT2D eigenvalue weighted by atomic mass is 9.87. The number of hydrogen-bond donors (Lipinski definition) is 1. The maximum atomic E-state index is 8.81. The highest BCUT2D eigenvalue weighted by molar-refractivity contribution is 5.50. The monoisotopic (exact) mass is 248 g/mol. The van der Waals surface area contributed by atoms with Gasteiger partial charge in [0.05, 0.1) is 17.7 Å². The molecule has 2 nitrogen and oxygen atoms in total. The number of anilines is 1. The zero-order valence-corrected chi connectivity index (χ0v) is 10.8. The highest BCUT2D eigenvalue weighted by Gasteiger charge is 2.19. The normalized spacial score (nSPS) is 17.3. The molecule has 0 radical (unpaired) electrons. The van der Waals surface area contributed by atoms with Gasteiger partial charge < -0.3 is 5.32 Å². The zero-order chi connectivity index (χ0) is 13.1. The maximum Gasteiger partial charge on any atom is 0.0991 e. The molecule has 2 aromatic rings. The molecular weight excluding hydrogens is 232 g/mol. The first-order chi connectivity index (χ1) is 9.36. The Balaban J connectivity index is 1.82. The highest BCUT2D eigenvalue weighted by atomic mass is 14.9. The summed E-state index contributed by atoms with van der Waals surface area (Å²) in [4.78, 5) is 0. The van der Waals surface area contributed by atoms with Crippen LogP contribution in [0.4, 0.5) is 5.69 Å². The van der Waals surface area contributed by atoms with Crippen LogP contribution in [0.15, 0.2) is 48.5 Å². The molecule has 0 saturated heterocycles. The number of hydrogen-bond acceptors (Lipinski definition) is 2. The van der Waals surface area contributed by atoms with Crippen molar-refractivity contribution in [3.05, 3.63) is 65.2 Å². The second kappa shape index (κ2) is 5.16. The number of benzene rings is 2. The summed E-state index contributed by atoms with van der Waals surface area (Å²) in [5.74, 6) is 0. The van der Waals surface area contributed by atoms with Crippen LogP contribution in [0.1, 0.15) is 35.6 Å². The van der Waals surface area contributed by atoms with E-state index in [1.54, 1.807) is 0 Å². The molecule has 2 aromatic carbocycles. The molecule has 0 aliphatic heterocycles. The van der Waals surface area contributed by atoms with E-state index in [0.717, 1.165) is 12.1 Å². The number of nitrogens with zero attached hydrogens (tertiary/aromatic N) is 1. The standard InChI is InChI=1S/C17H16N2/c18-12-13-8-10-15(11-9-13)19-17-7-3-5-14-4-1-2-6-16(14)17/h1-2,4,6,8-11,17,19H,3,5,7H2. The third-order valence-electron chi connectivity index (χ3n) is 3.72. The van der Waals surface area contributed by atoms with E-state index < -0.39 is 0 Å². The van der Waals surface area contributed by atoms with Crippen LogP contribution in [0.5, 0.6) is 0 Å². The van der Waals surface area contributed by atoms with Crippen LogP contribution in [-0.2, 0) is 6.42 Å². The topological polar surface area (TPSA) is 35.8 Å². The fraction of sp³-hybridized carbons (Fsp3) is 0.235. The van der Waals surface area contributed by atoms with Gasteiger partial charge in [-0.3, -0.25) is 0 Å². The van der Waals surface area contributed by atoms with E-state index in [1.165, 1.54) is 24.0 Å². The van der Waals surface area contributed by atoms with Crippen molar-refractivity contribution in [3.63, 3.8) is 0 Å². The molecular formula is C17H16N2. The maximum absolute atomic E-state index is 8.81. The second-order valence-corrected chi connectivity index (χ2v) is 4.98. The summed E-state index contributed by atoms with van der Waals surface area (Å²) in [5.41, 5.74) is 4.66. The van der Waals surface area contributed by atoms with Crippen molar-refractivity contribution in [3.8, 4) is 6.07 Å². The number of nitriles is 1. The van der Waals surface area contributed by atoms with Crippen LogP contribution in [0.2, 0.25) is 0 Å². The van der Waals surface area contributed by atoms with Crippen molar-refractivity contribution < 1.29 is 0 Å². The average Bonchev–Trinajstić information content (AvgIpc) is 2.48. The Morgan fingerprint density at radius 3 is 2.63 bits per heavy atom. The molecule has 0 amide bonds. The lowest BCUT2D eigenvalue weighted by Crippen LogP contribution is -2.17. The Morgan fingerprint density at radius 2 is 1.84 bits per heavy atom. The van der Waals surface area contributed by atoms with E-state index >= 15 is 0 Å². The van der Waals surface area contributed by atoms with Crippen molar-refractivity contribution in [2.45, 2.75) is 25.3 Å². The van der Waals surface area contributed by atoms with E-state index in [1.807, 2.05) is 24.3 Å². The fourth-order valence-corrected chi connectivity index (χ4v) is 2.75. The minimum absolute atomic E-state index is 0.387. The first kappa shape index (κ1) is 11.8. The van der Waals surface area contributed by atoms with Crippen LogP contribution < -0.4 is 5.32 Å². The fourth-order valence-electron chi connectivity index (χ4n) is 2.75. The largest absolute Gasteiger partial charge is 0.378 e. The first-order valence-corrected chi connectivity index (χ1v) is 6.71. The Morgan fingerprint density at radius 1 is 1.05 bits per heavy atom. The van der Waals surface area contributed by atoms with Crippen molar-refractivity contribution in [1.82, 2.24) is 0 Å². The molecule has 94 valence electrons. The summed E-state index contributed by atoms with van der Waals surface area (Å²) >= 11 is 0. The summed E-state index contributed by atoms with van der Waals surface area (Å²) in [5, 5.41) is 12.4. The summed E-state index contributed by atoms with van der Waals surface area (Å²) in [7, 11) is 0. The summed E-state index contributed by atoms with van der Waals surface area (Å²) in [6.45, 7) is 0. The van der Waals surface area contributed by atoms with Crippen molar-refractivity contribution in [1.29, 1.82) is 5.26 Å². The van der Waals surface area contributed by atoms with E-state index in [2.05, 4.69) is 35.7 Å². The predicted octanol–water partition coefficient (Wildman–Crippen LogP) is 4.05. The molecule has 1 N–H and O–H groups in total. The Hall–Kier alpha value is -2.27. The van der Waals surface area contributed by atoms with Crippen molar-refractivity contribution >= 4 is 5.69 Å². The van der Waals surface area contributed by atoms with E-state index in [9.17, 15) is 0 Å². The van der Waals surface area contributed by atoms with E-state index in [-0.39, 0.29) is 0 Å². The molecule has 0 heterocycles. The minimum Gasteiger partial charge on any atom is -0.378 e. The summed E-state index contributed by atoms with van der Waals surface area (Å²) in [6.07, 6.45) is 3.57. The molecule has 1 atom stereocenters. The Labute approximate surface area is 113 Å². The van der Waals surface area contributed by atoms with Gasteiger partial charge in [-0.1, -0.05) is 24.3 Å². The van der Waals surface area contributed by atoms with Crippen LogP contribution in [0.3, 0.4) is 0 Å². The number of aryl methyl sites for hydroxylation is 1. The second-order valence-electron chi connectivity index (χ2n) is 4.98. The van der Waals surface area contributed by atoms with Crippen molar-refractivity contribution in [2.75, 3.05) is 5.32 Å². The molecule has 3 rings (SSSR count). The van der Waals surface area contributed by atoms with Gasteiger partial charge in [-0.05, 0) is 54.7 Å². The van der Waals surface area contributed by atoms with Crippen molar-refractivity contribution in [2.24, 2.45) is 0 Å². The predicted molar refractivity (Wildman–Crippen MR) is 76.9 cm³/mol. The lowest BCUT2D eigenvalue weighted by Gasteiger charge is -2.27. The number of nitrogens with one attached hydrogen (secondary N) is 1. The molecule has 0 bridgehead atoms. The molecule has 1 unspecified atom stereocenters. The Kier molecular flexibility index (Phi) is 3.20. The molecule has 0 fully saturated rings. The first-order valence-electron chi connectivity index (χ1n) is 6.71. The van der Waals surface area contributed by atoms with E-state index in [0.29, 0.717) is 11.6 Å². The Bertz CT molecular complexity index is 608. The smallest absolute Gasteiger partial charge is 0.0991 e. The van der Waals surface area contributed by atoms with Gasteiger partial charge in [0, 0.05) is 5.69 Å². The molecule has 0 spiro atoms. The molecule has 2 heteroatoms. The molecule has 1 aliphatic rings. The van der Waals surface area contributed by atoms with Gasteiger partial charge in [0.15, 0.2) is 0 Å².